The fourth-order valence-electron chi connectivity index (χ4n) is 4.98. The van der Waals surface area contributed by atoms with E-state index in [9.17, 15) is 18.0 Å². The maximum atomic E-state index is 13.2. The number of carbonyl (C=O) groups excluding carboxylic acids is 1. The molecule has 3 aromatic rings. The average molecular weight is 488 g/mol. The van der Waals surface area contributed by atoms with Crippen molar-refractivity contribution < 1.29 is 18.0 Å². The molecule has 35 heavy (non-hydrogen) atoms. The van der Waals surface area contributed by atoms with Gasteiger partial charge in [-0.15, -0.1) is 15.3 Å². The van der Waals surface area contributed by atoms with E-state index in [4.69, 9.17) is 0 Å². The highest BCUT2D eigenvalue weighted by Gasteiger charge is 2.38. The summed E-state index contributed by atoms with van der Waals surface area (Å²) in [6, 6.07) is 9.46. The van der Waals surface area contributed by atoms with Crippen LogP contribution in [0.2, 0.25) is 0 Å². The van der Waals surface area contributed by atoms with Gasteiger partial charge in [-0.1, -0.05) is 12.1 Å². The molecular weight excluding hydrogens is 459 g/mol. The standard InChI is InChI=1S/C24H28F3N7O/c1-16-4-3-5-19(17(16)2)31-12-14-33(15-13-31)22(35)18-8-10-32(11-9-18)21-7-6-20-28-29-23(24(25,26)27)34(20)30-21/h3-7,18H,8-15H2,1-2H3. The average Bonchev–Trinajstić information content (AvgIpc) is 3.30. The number of nitrogens with zero attached hydrogens (tertiary/aromatic N) is 7. The second kappa shape index (κ2) is 9.01. The molecule has 1 amide bonds. The van der Waals surface area contributed by atoms with Crippen molar-refractivity contribution in [1.82, 2.24) is 24.7 Å². The van der Waals surface area contributed by atoms with Crippen LogP contribution in [0.4, 0.5) is 24.7 Å². The van der Waals surface area contributed by atoms with Gasteiger partial charge < -0.3 is 14.7 Å². The van der Waals surface area contributed by atoms with Gasteiger partial charge in [0, 0.05) is 50.9 Å². The van der Waals surface area contributed by atoms with Gasteiger partial charge >= 0.3 is 6.18 Å². The minimum absolute atomic E-state index is 0.0474. The van der Waals surface area contributed by atoms with E-state index in [-0.39, 0.29) is 17.5 Å². The summed E-state index contributed by atoms with van der Waals surface area (Å²) < 4.78 is 40.3. The molecule has 0 N–H and O–H groups in total. The molecule has 2 aliphatic heterocycles. The number of hydrogen-bond acceptors (Lipinski definition) is 6. The molecule has 2 aliphatic rings. The monoisotopic (exact) mass is 487 g/mol. The Morgan fingerprint density at radius 2 is 1.63 bits per heavy atom. The van der Waals surface area contributed by atoms with Gasteiger partial charge in [0.05, 0.1) is 0 Å². The first-order valence-electron chi connectivity index (χ1n) is 11.9. The molecule has 2 saturated heterocycles. The number of benzene rings is 1. The smallest absolute Gasteiger partial charge is 0.368 e. The molecule has 0 unspecified atom stereocenters. The highest BCUT2D eigenvalue weighted by Crippen LogP contribution is 2.29. The Kier molecular flexibility index (Phi) is 6.02. The quantitative estimate of drug-likeness (QED) is 0.565. The first-order chi connectivity index (χ1) is 16.7. The van der Waals surface area contributed by atoms with Crippen LogP contribution in [0.3, 0.4) is 0 Å². The predicted molar refractivity (Wildman–Crippen MR) is 125 cm³/mol. The van der Waals surface area contributed by atoms with Crippen molar-refractivity contribution in [1.29, 1.82) is 0 Å². The Hall–Kier alpha value is -3.37. The number of aromatic nitrogens is 4. The van der Waals surface area contributed by atoms with E-state index >= 15 is 0 Å². The third kappa shape index (κ3) is 4.51. The normalized spacial score (nSPS) is 17.9. The van der Waals surface area contributed by atoms with Crippen LogP contribution in [0, 0.1) is 19.8 Å². The number of rotatable bonds is 3. The number of alkyl halides is 3. The van der Waals surface area contributed by atoms with E-state index in [0.29, 0.717) is 44.8 Å². The number of piperidine rings is 1. The molecule has 2 aromatic heterocycles. The van der Waals surface area contributed by atoms with Crippen LogP contribution in [-0.2, 0) is 11.0 Å². The molecule has 0 atom stereocenters. The predicted octanol–water partition coefficient (Wildman–Crippen LogP) is 3.33. The van der Waals surface area contributed by atoms with Gasteiger partial charge in [-0.25, -0.2) is 0 Å². The summed E-state index contributed by atoms with van der Waals surface area (Å²) in [5.41, 5.74) is 3.82. The maximum absolute atomic E-state index is 13.2. The zero-order valence-electron chi connectivity index (χ0n) is 19.8. The van der Waals surface area contributed by atoms with E-state index in [1.807, 2.05) is 9.80 Å². The van der Waals surface area contributed by atoms with Crippen molar-refractivity contribution >= 4 is 23.1 Å². The molecule has 186 valence electrons. The zero-order chi connectivity index (χ0) is 24.7. The van der Waals surface area contributed by atoms with E-state index in [2.05, 4.69) is 52.2 Å². The summed E-state index contributed by atoms with van der Waals surface area (Å²) in [4.78, 5) is 19.4. The number of hydrogen-bond donors (Lipinski definition) is 0. The number of aryl methyl sites for hydroxylation is 1. The number of carbonyl (C=O) groups is 1. The van der Waals surface area contributed by atoms with E-state index in [1.165, 1.54) is 22.9 Å². The summed E-state index contributed by atoms with van der Waals surface area (Å²) in [5.74, 6) is -0.620. The third-order valence-corrected chi connectivity index (χ3v) is 7.18. The van der Waals surface area contributed by atoms with Crippen LogP contribution in [0.25, 0.3) is 5.65 Å². The molecule has 4 heterocycles. The third-order valence-electron chi connectivity index (χ3n) is 7.18. The summed E-state index contributed by atoms with van der Waals surface area (Å²) in [7, 11) is 0. The first kappa shape index (κ1) is 23.4. The zero-order valence-corrected chi connectivity index (χ0v) is 19.8. The van der Waals surface area contributed by atoms with Crippen LogP contribution in [0.5, 0.6) is 0 Å². The fraction of sp³-hybridized carbons (Fsp3) is 0.500. The molecule has 0 saturated carbocycles. The number of anilines is 2. The van der Waals surface area contributed by atoms with E-state index in [0.717, 1.165) is 17.6 Å². The molecule has 5 rings (SSSR count). The molecule has 1 aromatic carbocycles. The summed E-state index contributed by atoms with van der Waals surface area (Å²) in [5, 5.41) is 10.9. The van der Waals surface area contributed by atoms with Crippen LogP contribution in [0.1, 0.15) is 29.8 Å². The molecule has 2 fully saturated rings. The number of halogens is 3. The van der Waals surface area contributed by atoms with Crippen molar-refractivity contribution in [3.63, 3.8) is 0 Å². The SMILES string of the molecule is Cc1cccc(N2CCN(C(=O)C3CCN(c4ccc5nnc(C(F)(F)F)n5n4)CC3)CC2)c1C. The van der Waals surface area contributed by atoms with Crippen LogP contribution >= 0.6 is 0 Å². The molecule has 0 aliphatic carbocycles. The highest BCUT2D eigenvalue weighted by molar-refractivity contribution is 5.79. The second-order valence-electron chi connectivity index (χ2n) is 9.28. The summed E-state index contributed by atoms with van der Waals surface area (Å²) >= 11 is 0. The van der Waals surface area contributed by atoms with Crippen molar-refractivity contribution in [3.8, 4) is 0 Å². The van der Waals surface area contributed by atoms with Gasteiger partial charge in [0.15, 0.2) is 5.65 Å². The Balaban J connectivity index is 1.19. The first-order valence-corrected chi connectivity index (χ1v) is 11.9. The van der Waals surface area contributed by atoms with Gasteiger partial charge in [0.25, 0.3) is 5.82 Å². The largest absolute Gasteiger partial charge is 0.453 e. The van der Waals surface area contributed by atoms with Crippen LogP contribution in [0.15, 0.2) is 30.3 Å². The summed E-state index contributed by atoms with van der Waals surface area (Å²) in [6.45, 7) is 8.35. The van der Waals surface area contributed by atoms with Crippen LogP contribution in [-0.4, -0.2) is 69.9 Å². The molecule has 11 heteroatoms. The van der Waals surface area contributed by atoms with Gasteiger partial charge in [-0.2, -0.15) is 17.7 Å². The lowest BCUT2D eigenvalue weighted by atomic mass is 9.95. The lowest BCUT2D eigenvalue weighted by Gasteiger charge is -2.40. The van der Waals surface area contributed by atoms with Gasteiger partial charge in [-0.05, 0) is 56.0 Å². The Bertz CT molecular complexity index is 1230. The number of amides is 1. The fourth-order valence-corrected chi connectivity index (χ4v) is 4.98. The van der Waals surface area contributed by atoms with Crippen molar-refractivity contribution in [3.05, 3.63) is 47.3 Å². The minimum atomic E-state index is -4.63. The van der Waals surface area contributed by atoms with E-state index in [1.54, 1.807) is 6.07 Å². The lowest BCUT2D eigenvalue weighted by Crippen LogP contribution is -2.52. The van der Waals surface area contributed by atoms with E-state index < -0.39 is 12.0 Å². The van der Waals surface area contributed by atoms with Crippen LogP contribution < -0.4 is 9.80 Å². The lowest BCUT2D eigenvalue weighted by molar-refractivity contribution is -0.146. The number of fused-ring (bicyclic) bond motifs is 1. The topological polar surface area (TPSA) is 69.9 Å². The molecule has 0 bridgehead atoms. The summed E-state index contributed by atoms with van der Waals surface area (Å²) in [6.07, 6.45) is -3.35. The van der Waals surface area contributed by atoms with Crippen molar-refractivity contribution in [2.75, 3.05) is 49.1 Å². The molecule has 0 spiro atoms. The Morgan fingerprint density at radius 3 is 2.31 bits per heavy atom. The number of piperazine rings is 1. The van der Waals surface area contributed by atoms with Gasteiger partial charge in [-0.3, -0.25) is 4.79 Å². The maximum Gasteiger partial charge on any atom is 0.453 e. The minimum Gasteiger partial charge on any atom is -0.368 e. The second-order valence-corrected chi connectivity index (χ2v) is 9.28. The molecular formula is C24H28F3N7O. The Labute approximate surface area is 201 Å². The Morgan fingerprint density at radius 1 is 0.914 bits per heavy atom. The van der Waals surface area contributed by atoms with Crippen molar-refractivity contribution in [2.45, 2.75) is 32.9 Å². The highest BCUT2D eigenvalue weighted by atomic mass is 19.4. The molecule has 8 nitrogen and oxygen atoms in total. The molecule has 0 radical (unpaired) electrons. The van der Waals surface area contributed by atoms with Crippen molar-refractivity contribution in [2.24, 2.45) is 5.92 Å². The van der Waals surface area contributed by atoms with Gasteiger partial charge in [0.2, 0.25) is 5.91 Å². The van der Waals surface area contributed by atoms with Gasteiger partial charge in [0.1, 0.15) is 5.82 Å².